The lowest BCUT2D eigenvalue weighted by Gasteiger charge is -2.19. The molecule has 2 aliphatic rings. The highest BCUT2D eigenvalue weighted by Gasteiger charge is 2.25. The smallest absolute Gasteiger partial charge is 0.203 e. The number of hydrogen-bond donors (Lipinski definition) is 1. The number of nitrogens with zero attached hydrogens (tertiary/aromatic N) is 2. The molecule has 2 atom stereocenters. The molecule has 0 saturated heterocycles. The van der Waals surface area contributed by atoms with Crippen molar-refractivity contribution in [1.82, 2.24) is 9.55 Å². The fourth-order valence-electron chi connectivity index (χ4n) is 3.40. The monoisotopic (exact) mass is 233 g/mol. The number of anilines is 1. The van der Waals surface area contributed by atoms with Gasteiger partial charge in [0, 0.05) is 24.5 Å². The zero-order valence-electron chi connectivity index (χ0n) is 10.7. The fraction of sp³-hybridized carbons (Fsp3) is 0.786. The highest BCUT2D eigenvalue weighted by molar-refractivity contribution is 5.29. The van der Waals surface area contributed by atoms with Crippen LogP contribution in [0.2, 0.25) is 0 Å². The van der Waals surface area contributed by atoms with Crippen molar-refractivity contribution in [1.29, 1.82) is 0 Å². The van der Waals surface area contributed by atoms with Crippen LogP contribution >= 0.6 is 0 Å². The van der Waals surface area contributed by atoms with Crippen LogP contribution in [0.3, 0.4) is 0 Å². The van der Waals surface area contributed by atoms with Gasteiger partial charge in [-0.2, -0.15) is 0 Å². The molecule has 2 unspecified atom stereocenters. The molecule has 94 valence electrons. The Balaban J connectivity index is 1.70. The third-order valence-corrected chi connectivity index (χ3v) is 4.42. The highest BCUT2D eigenvalue weighted by Crippen LogP contribution is 2.36. The molecule has 1 heterocycles. The van der Waals surface area contributed by atoms with Crippen molar-refractivity contribution in [2.45, 2.75) is 64.0 Å². The molecule has 1 N–H and O–H groups in total. The average Bonchev–Trinajstić information content (AvgIpc) is 2.99. The lowest BCUT2D eigenvalue weighted by Crippen LogP contribution is -2.19. The van der Waals surface area contributed by atoms with Gasteiger partial charge >= 0.3 is 0 Å². The molecule has 1 aromatic heterocycles. The van der Waals surface area contributed by atoms with E-state index in [1.807, 2.05) is 6.20 Å². The third-order valence-electron chi connectivity index (χ3n) is 4.42. The van der Waals surface area contributed by atoms with Gasteiger partial charge in [-0.1, -0.05) is 19.8 Å². The standard InChI is InChI=1S/C14H23N3/c1-11-6-7-13(10-11)17-9-8-15-14(17)16-12-4-2-3-5-12/h8-9,11-13H,2-7,10H2,1H3,(H,15,16). The van der Waals surface area contributed by atoms with Crippen molar-refractivity contribution in [2.75, 3.05) is 5.32 Å². The van der Waals surface area contributed by atoms with Gasteiger partial charge < -0.3 is 9.88 Å². The maximum Gasteiger partial charge on any atom is 0.203 e. The van der Waals surface area contributed by atoms with Gasteiger partial charge in [0.2, 0.25) is 5.95 Å². The van der Waals surface area contributed by atoms with Crippen LogP contribution < -0.4 is 5.32 Å². The minimum atomic E-state index is 0.662. The molecule has 2 aliphatic carbocycles. The molecule has 3 rings (SSSR count). The molecule has 2 fully saturated rings. The molecule has 2 saturated carbocycles. The summed E-state index contributed by atoms with van der Waals surface area (Å²) in [4.78, 5) is 4.50. The van der Waals surface area contributed by atoms with Crippen molar-refractivity contribution in [3.05, 3.63) is 12.4 Å². The van der Waals surface area contributed by atoms with Crippen molar-refractivity contribution in [3.63, 3.8) is 0 Å². The Morgan fingerprint density at radius 3 is 2.76 bits per heavy atom. The molecule has 0 radical (unpaired) electrons. The topological polar surface area (TPSA) is 29.9 Å². The molecule has 17 heavy (non-hydrogen) atoms. The summed E-state index contributed by atoms with van der Waals surface area (Å²) in [6.45, 7) is 2.36. The molecule has 1 aromatic rings. The van der Waals surface area contributed by atoms with Gasteiger partial charge in [0.05, 0.1) is 0 Å². The van der Waals surface area contributed by atoms with Crippen molar-refractivity contribution < 1.29 is 0 Å². The highest BCUT2D eigenvalue weighted by atomic mass is 15.2. The van der Waals surface area contributed by atoms with E-state index in [0.717, 1.165) is 11.9 Å². The van der Waals surface area contributed by atoms with Crippen molar-refractivity contribution in [2.24, 2.45) is 5.92 Å². The molecule has 0 bridgehead atoms. The van der Waals surface area contributed by atoms with Crippen molar-refractivity contribution in [3.8, 4) is 0 Å². The van der Waals surface area contributed by atoms with Crippen LogP contribution in [0.1, 0.15) is 57.9 Å². The summed E-state index contributed by atoms with van der Waals surface area (Å²) < 4.78 is 2.38. The number of aromatic nitrogens is 2. The molecule has 3 nitrogen and oxygen atoms in total. The van der Waals surface area contributed by atoms with E-state index in [-0.39, 0.29) is 0 Å². The summed E-state index contributed by atoms with van der Waals surface area (Å²) in [5, 5.41) is 3.63. The van der Waals surface area contributed by atoms with Crippen molar-refractivity contribution >= 4 is 5.95 Å². The van der Waals surface area contributed by atoms with Gasteiger partial charge in [-0.15, -0.1) is 0 Å². The second kappa shape index (κ2) is 4.71. The first-order chi connectivity index (χ1) is 8.33. The minimum Gasteiger partial charge on any atom is -0.353 e. The molecular weight excluding hydrogens is 210 g/mol. The number of imidazole rings is 1. The van der Waals surface area contributed by atoms with Gasteiger partial charge in [-0.05, 0) is 38.0 Å². The molecule has 3 heteroatoms. The molecule has 0 aliphatic heterocycles. The first kappa shape index (κ1) is 11.1. The summed E-state index contributed by atoms with van der Waals surface area (Å²) in [5.74, 6) is 1.98. The third kappa shape index (κ3) is 2.33. The van der Waals surface area contributed by atoms with E-state index >= 15 is 0 Å². The number of nitrogens with one attached hydrogen (secondary N) is 1. The summed E-state index contributed by atoms with van der Waals surface area (Å²) in [6.07, 6.45) is 13.5. The van der Waals surface area contributed by atoms with E-state index in [0.29, 0.717) is 12.1 Å². The largest absolute Gasteiger partial charge is 0.353 e. The first-order valence-corrected chi connectivity index (χ1v) is 7.12. The predicted octanol–water partition coefficient (Wildman–Crippen LogP) is 3.60. The predicted molar refractivity (Wildman–Crippen MR) is 70.2 cm³/mol. The van der Waals surface area contributed by atoms with Gasteiger partial charge in [-0.25, -0.2) is 4.98 Å². The zero-order valence-corrected chi connectivity index (χ0v) is 10.7. The van der Waals surface area contributed by atoms with E-state index < -0.39 is 0 Å². The Morgan fingerprint density at radius 1 is 1.24 bits per heavy atom. The maximum absolute atomic E-state index is 4.50. The molecule has 0 amide bonds. The summed E-state index contributed by atoms with van der Waals surface area (Å²) in [7, 11) is 0. The summed E-state index contributed by atoms with van der Waals surface area (Å²) >= 11 is 0. The van der Waals surface area contributed by atoms with Crippen LogP contribution in [0.5, 0.6) is 0 Å². The zero-order chi connectivity index (χ0) is 11.7. The van der Waals surface area contributed by atoms with Crippen LogP contribution in [0.4, 0.5) is 5.95 Å². The SMILES string of the molecule is CC1CCC(n2ccnc2NC2CCCC2)C1. The Labute approximate surface area is 104 Å². The van der Waals surface area contributed by atoms with Gasteiger partial charge in [0.15, 0.2) is 0 Å². The van der Waals surface area contributed by atoms with E-state index in [1.165, 1.54) is 44.9 Å². The van der Waals surface area contributed by atoms with E-state index in [1.54, 1.807) is 0 Å². The quantitative estimate of drug-likeness (QED) is 0.864. The van der Waals surface area contributed by atoms with Gasteiger partial charge in [0.25, 0.3) is 0 Å². The lowest BCUT2D eigenvalue weighted by molar-refractivity contribution is 0.495. The summed E-state index contributed by atoms with van der Waals surface area (Å²) in [5.41, 5.74) is 0. The second-order valence-corrected chi connectivity index (χ2v) is 5.86. The number of hydrogen-bond acceptors (Lipinski definition) is 2. The first-order valence-electron chi connectivity index (χ1n) is 7.12. The second-order valence-electron chi connectivity index (χ2n) is 5.86. The van der Waals surface area contributed by atoms with Crippen LogP contribution in [0, 0.1) is 5.92 Å². The lowest BCUT2D eigenvalue weighted by atomic mass is 10.1. The normalized spacial score (nSPS) is 29.9. The van der Waals surface area contributed by atoms with Gasteiger partial charge in [-0.3, -0.25) is 0 Å². The Kier molecular flexibility index (Phi) is 3.08. The van der Waals surface area contributed by atoms with Crippen LogP contribution in [-0.2, 0) is 0 Å². The Hall–Kier alpha value is -0.990. The van der Waals surface area contributed by atoms with Crippen LogP contribution in [0.25, 0.3) is 0 Å². The minimum absolute atomic E-state index is 0.662. The Morgan fingerprint density at radius 2 is 2.06 bits per heavy atom. The van der Waals surface area contributed by atoms with E-state index in [4.69, 9.17) is 0 Å². The van der Waals surface area contributed by atoms with E-state index in [2.05, 4.69) is 28.0 Å². The molecule has 0 spiro atoms. The fourth-order valence-corrected chi connectivity index (χ4v) is 3.40. The van der Waals surface area contributed by atoms with E-state index in [9.17, 15) is 0 Å². The molecule has 0 aromatic carbocycles. The van der Waals surface area contributed by atoms with Crippen LogP contribution in [0.15, 0.2) is 12.4 Å². The van der Waals surface area contributed by atoms with Gasteiger partial charge in [0.1, 0.15) is 0 Å². The maximum atomic E-state index is 4.50. The van der Waals surface area contributed by atoms with Crippen LogP contribution in [-0.4, -0.2) is 15.6 Å². The Bertz CT molecular complexity index is 365. The molecular formula is C14H23N3. The summed E-state index contributed by atoms with van der Waals surface area (Å²) in [6, 6.07) is 1.34. The average molecular weight is 233 g/mol. The number of rotatable bonds is 3.